The molecule has 0 atom stereocenters. The zero-order valence-corrected chi connectivity index (χ0v) is 12.3. The number of nitrogens with one attached hydrogen (secondary N) is 1. The van der Waals surface area contributed by atoms with Crippen molar-refractivity contribution in [1.29, 1.82) is 0 Å². The van der Waals surface area contributed by atoms with Crippen molar-refractivity contribution in [3.63, 3.8) is 0 Å². The number of carbonyl (C=O) groups is 1. The van der Waals surface area contributed by atoms with Gasteiger partial charge in [0.1, 0.15) is 11.3 Å². The number of ether oxygens (including phenoxy) is 1. The second kappa shape index (κ2) is 6.68. The molecular weight excluding hydrogens is 301 g/mol. The molecule has 0 bridgehead atoms. The molecule has 0 aliphatic rings. The van der Waals surface area contributed by atoms with E-state index in [0.717, 1.165) is 5.76 Å². The number of hydrogen-bond acceptors (Lipinski definition) is 3. The first-order valence-electron chi connectivity index (χ1n) is 5.96. The Morgan fingerprint density at radius 1 is 1.30 bits per heavy atom. The summed E-state index contributed by atoms with van der Waals surface area (Å²) in [6, 6.07) is 6.79. The van der Waals surface area contributed by atoms with E-state index in [1.165, 1.54) is 7.11 Å². The monoisotopic (exact) mass is 313 g/mol. The van der Waals surface area contributed by atoms with Crippen molar-refractivity contribution >= 4 is 29.1 Å². The topological polar surface area (TPSA) is 51.5 Å². The molecule has 0 aliphatic heterocycles. The second-order valence-electron chi connectivity index (χ2n) is 4.02. The molecular formula is C14H13Cl2NO3. The van der Waals surface area contributed by atoms with Crippen LogP contribution >= 0.6 is 23.2 Å². The van der Waals surface area contributed by atoms with Crippen molar-refractivity contribution in [2.75, 3.05) is 13.7 Å². The Bertz CT molecular complexity index is 597. The van der Waals surface area contributed by atoms with Crippen LogP contribution in [0.3, 0.4) is 0 Å². The van der Waals surface area contributed by atoms with Crippen molar-refractivity contribution in [2.24, 2.45) is 0 Å². The molecule has 1 aromatic heterocycles. The Balaban J connectivity index is 2.07. The van der Waals surface area contributed by atoms with Gasteiger partial charge in [-0.2, -0.15) is 0 Å². The van der Waals surface area contributed by atoms with Gasteiger partial charge < -0.3 is 14.5 Å². The molecule has 0 fully saturated rings. The zero-order valence-electron chi connectivity index (χ0n) is 10.8. The predicted octanol–water partition coefficient (Wildman–Crippen LogP) is 3.57. The molecule has 0 radical (unpaired) electrons. The standard InChI is InChI=1S/C14H13Cl2NO3/c1-19-13-11(16)5-4-10(15)12(13)14(18)17-7-6-9-3-2-8-20-9/h2-5,8H,6-7H2,1H3,(H,17,18). The zero-order chi connectivity index (χ0) is 14.5. The minimum Gasteiger partial charge on any atom is -0.494 e. The normalized spacial score (nSPS) is 10.3. The fourth-order valence-electron chi connectivity index (χ4n) is 1.79. The van der Waals surface area contributed by atoms with Crippen LogP contribution in [0.4, 0.5) is 0 Å². The van der Waals surface area contributed by atoms with E-state index in [9.17, 15) is 4.79 Å². The van der Waals surface area contributed by atoms with Gasteiger partial charge in [0.05, 0.1) is 23.4 Å². The Morgan fingerprint density at radius 3 is 2.70 bits per heavy atom. The largest absolute Gasteiger partial charge is 0.494 e. The van der Waals surface area contributed by atoms with E-state index in [0.29, 0.717) is 23.0 Å². The van der Waals surface area contributed by atoms with Gasteiger partial charge in [-0.3, -0.25) is 4.79 Å². The van der Waals surface area contributed by atoms with Crippen LogP contribution in [0, 0.1) is 0 Å². The lowest BCUT2D eigenvalue weighted by Gasteiger charge is -2.12. The fraction of sp³-hybridized carbons (Fsp3) is 0.214. The smallest absolute Gasteiger partial charge is 0.256 e. The average Bonchev–Trinajstić information content (AvgIpc) is 2.94. The summed E-state index contributed by atoms with van der Waals surface area (Å²) in [5, 5.41) is 3.39. The molecule has 106 valence electrons. The van der Waals surface area contributed by atoms with Crippen LogP contribution < -0.4 is 10.1 Å². The van der Waals surface area contributed by atoms with E-state index < -0.39 is 0 Å². The number of rotatable bonds is 5. The number of benzene rings is 1. The van der Waals surface area contributed by atoms with E-state index in [1.807, 2.05) is 6.07 Å². The van der Waals surface area contributed by atoms with Gasteiger partial charge in [-0.15, -0.1) is 0 Å². The summed E-state index contributed by atoms with van der Waals surface area (Å²) >= 11 is 12.0. The van der Waals surface area contributed by atoms with Crippen LogP contribution in [0.5, 0.6) is 5.75 Å². The third-order valence-corrected chi connectivity index (χ3v) is 3.34. The summed E-state index contributed by atoms with van der Waals surface area (Å²) in [7, 11) is 1.44. The molecule has 1 N–H and O–H groups in total. The predicted molar refractivity (Wildman–Crippen MR) is 77.8 cm³/mol. The Hall–Kier alpha value is -1.65. The molecule has 1 amide bonds. The Morgan fingerprint density at radius 2 is 2.05 bits per heavy atom. The van der Waals surface area contributed by atoms with Crippen LogP contribution in [-0.2, 0) is 6.42 Å². The van der Waals surface area contributed by atoms with Gasteiger partial charge in [0.15, 0.2) is 5.75 Å². The summed E-state index contributed by atoms with van der Waals surface area (Å²) in [5.74, 6) is 0.741. The van der Waals surface area contributed by atoms with E-state index in [4.69, 9.17) is 32.4 Å². The molecule has 0 unspecified atom stereocenters. The highest BCUT2D eigenvalue weighted by Crippen LogP contribution is 2.33. The molecule has 1 aromatic carbocycles. The molecule has 0 saturated heterocycles. The maximum atomic E-state index is 12.2. The molecule has 2 aromatic rings. The molecule has 4 nitrogen and oxygen atoms in total. The molecule has 20 heavy (non-hydrogen) atoms. The fourth-order valence-corrected chi connectivity index (χ4v) is 2.26. The van der Waals surface area contributed by atoms with E-state index in [2.05, 4.69) is 5.32 Å². The Kier molecular flexibility index (Phi) is 4.93. The first-order chi connectivity index (χ1) is 9.63. The van der Waals surface area contributed by atoms with Crippen molar-refractivity contribution in [2.45, 2.75) is 6.42 Å². The van der Waals surface area contributed by atoms with Crippen molar-refractivity contribution in [3.05, 3.63) is 51.9 Å². The maximum absolute atomic E-state index is 12.2. The lowest BCUT2D eigenvalue weighted by Crippen LogP contribution is -2.26. The highest BCUT2D eigenvalue weighted by atomic mass is 35.5. The van der Waals surface area contributed by atoms with Crippen molar-refractivity contribution in [3.8, 4) is 5.75 Å². The summed E-state index contributed by atoms with van der Waals surface area (Å²) in [6.07, 6.45) is 2.19. The van der Waals surface area contributed by atoms with Gasteiger partial charge in [0, 0.05) is 13.0 Å². The van der Waals surface area contributed by atoms with Gasteiger partial charge in [0.25, 0.3) is 5.91 Å². The number of carbonyl (C=O) groups excluding carboxylic acids is 1. The first-order valence-corrected chi connectivity index (χ1v) is 6.71. The summed E-state index contributed by atoms with van der Waals surface area (Å²) in [6.45, 7) is 0.429. The SMILES string of the molecule is COc1c(Cl)ccc(Cl)c1C(=O)NCCc1ccco1. The van der Waals surface area contributed by atoms with Gasteiger partial charge >= 0.3 is 0 Å². The van der Waals surface area contributed by atoms with Crippen LogP contribution in [0.25, 0.3) is 0 Å². The highest BCUT2D eigenvalue weighted by Gasteiger charge is 2.19. The first kappa shape index (κ1) is 14.8. The Labute approximate surface area is 126 Å². The number of amides is 1. The molecule has 0 aliphatic carbocycles. The van der Waals surface area contributed by atoms with Gasteiger partial charge in [0.2, 0.25) is 0 Å². The van der Waals surface area contributed by atoms with Gasteiger partial charge in [-0.05, 0) is 24.3 Å². The molecule has 6 heteroatoms. The van der Waals surface area contributed by atoms with Crippen LogP contribution in [0.15, 0.2) is 34.9 Å². The third kappa shape index (κ3) is 3.26. The summed E-state index contributed by atoms with van der Waals surface area (Å²) in [4.78, 5) is 12.2. The minimum absolute atomic E-state index is 0.237. The molecule has 2 rings (SSSR count). The minimum atomic E-state index is -0.332. The van der Waals surface area contributed by atoms with Crippen molar-refractivity contribution < 1.29 is 13.9 Å². The molecule has 0 spiro atoms. The maximum Gasteiger partial charge on any atom is 0.256 e. The van der Waals surface area contributed by atoms with E-state index in [1.54, 1.807) is 24.5 Å². The molecule has 1 heterocycles. The quantitative estimate of drug-likeness (QED) is 0.918. The van der Waals surface area contributed by atoms with Crippen LogP contribution in [0.1, 0.15) is 16.1 Å². The lowest BCUT2D eigenvalue weighted by molar-refractivity contribution is 0.0951. The number of methoxy groups -OCH3 is 1. The second-order valence-corrected chi connectivity index (χ2v) is 4.84. The number of furan rings is 1. The average molecular weight is 314 g/mol. The number of halogens is 2. The van der Waals surface area contributed by atoms with Crippen molar-refractivity contribution in [1.82, 2.24) is 5.32 Å². The lowest BCUT2D eigenvalue weighted by atomic mass is 10.2. The summed E-state index contributed by atoms with van der Waals surface area (Å²) < 4.78 is 10.3. The van der Waals surface area contributed by atoms with Crippen LogP contribution in [-0.4, -0.2) is 19.6 Å². The molecule has 0 saturated carbocycles. The van der Waals surface area contributed by atoms with E-state index >= 15 is 0 Å². The third-order valence-electron chi connectivity index (χ3n) is 2.73. The van der Waals surface area contributed by atoms with Crippen LogP contribution in [0.2, 0.25) is 10.0 Å². The van der Waals surface area contributed by atoms with Gasteiger partial charge in [-0.1, -0.05) is 23.2 Å². The highest BCUT2D eigenvalue weighted by molar-refractivity contribution is 6.37. The van der Waals surface area contributed by atoms with Gasteiger partial charge in [-0.25, -0.2) is 0 Å². The van der Waals surface area contributed by atoms with E-state index in [-0.39, 0.29) is 17.2 Å². The summed E-state index contributed by atoms with van der Waals surface area (Å²) in [5.41, 5.74) is 0.237. The number of hydrogen-bond donors (Lipinski definition) is 1.